The maximum absolute atomic E-state index is 10.6. The van der Waals surface area contributed by atoms with E-state index in [1.165, 1.54) is 5.56 Å². The number of isocyanates is 1. The summed E-state index contributed by atoms with van der Waals surface area (Å²) in [6.07, 6.45) is 9.32. The van der Waals surface area contributed by atoms with E-state index in [9.17, 15) is 4.79 Å². The number of hydrogen-bond acceptors (Lipinski definition) is 3. The summed E-state index contributed by atoms with van der Waals surface area (Å²) in [5.41, 5.74) is 2.03. The van der Waals surface area contributed by atoms with Gasteiger partial charge in [-0.15, -0.1) is 0 Å². The highest BCUT2D eigenvalue weighted by Gasteiger charge is 2.38. The average molecular weight is 267 g/mol. The zero-order valence-electron chi connectivity index (χ0n) is 11.5. The van der Waals surface area contributed by atoms with Crippen molar-refractivity contribution in [2.75, 3.05) is 0 Å². The van der Waals surface area contributed by atoms with E-state index < -0.39 is 0 Å². The SMILES string of the molecule is Cn1ccnc1Cc1ccc(C2(N=C=O)CCC2)cc1. The van der Waals surface area contributed by atoms with Gasteiger partial charge in [0.05, 0.1) is 5.54 Å². The topological polar surface area (TPSA) is 47.2 Å². The number of nitrogens with zero attached hydrogens (tertiary/aromatic N) is 3. The van der Waals surface area contributed by atoms with E-state index in [0.29, 0.717) is 0 Å². The third-order valence-electron chi connectivity index (χ3n) is 4.21. The predicted molar refractivity (Wildman–Crippen MR) is 76.1 cm³/mol. The summed E-state index contributed by atoms with van der Waals surface area (Å²) >= 11 is 0. The molecule has 1 heterocycles. The van der Waals surface area contributed by atoms with Crippen molar-refractivity contribution in [1.29, 1.82) is 0 Å². The molecule has 0 amide bonds. The van der Waals surface area contributed by atoms with Crippen LogP contribution >= 0.6 is 0 Å². The number of aryl methyl sites for hydroxylation is 1. The minimum Gasteiger partial charge on any atom is -0.338 e. The molecule has 0 N–H and O–H groups in total. The van der Waals surface area contributed by atoms with Crippen molar-refractivity contribution in [3.63, 3.8) is 0 Å². The van der Waals surface area contributed by atoms with Gasteiger partial charge in [0, 0.05) is 25.9 Å². The third kappa shape index (κ3) is 2.19. The first-order chi connectivity index (χ1) is 9.73. The second kappa shape index (κ2) is 5.06. The molecule has 0 atom stereocenters. The van der Waals surface area contributed by atoms with E-state index in [4.69, 9.17) is 0 Å². The largest absolute Gasteiger partial charge is 0.338 e. The molecule has 1 aromatic carbocycles. The predicted octanol–water partition coefficient (Wildman–Crippen LogP) is 2.73. The molecule has 0 aliphatic heterocycles. The maximum Gasteiger partial charge on any atom is 0.235 e. The van der Waals surface area contributed by atoms with E-state index in [0.717, 1.165) is 37.1 Å². The zero-order valence-corrected chi connectivity index (χ0v) is 11.5. The number of carbonyl (C=O) groups excluding carboxylic acids is 1. The standard InChI is InChI=1S/C16H17N3O/c1-19-10-9-17-15(19)11-13-3-5-14(6-4-13)16(18-12-20)7-2-8-16/h3-6,9-10H,2,7-8,11H2,1H3. The molecule has 1 aliphatic carbocycles. The summed E-state index contributed by atoms with van der Waals surface area (Å²) in [5.74, 6) is 1.04. The van der Waals surface area contributed by atoms with E-state index in [-0.39, 0.29) is 5.54 Å². The molecule has 1 saturated carbocycles. The average Bonchev–Trinajstić information content (AvgIpc) is 2.81. The van der Waals surface area contributed by atoms with Gasteiger partial charge < -0.3 is 4.57 Å². The molecule has 1 fully saturated rings. The van der Waals surface area contributed by atoms with Crippen LogP contribution in [0.3, 0.4) is 0 Å². The van der Waals surface area contributed by atoms with Crippen molar-refractivity contribution in [3.05, 3.63) is 53.6 Å². The second-order valence-corrected chi connectivity index (χ2v) is 5.42. The Morgan fingerprint density at radius 3 is 2.60 bits per heavy atom. The summed E-state index contributed by atoms with van der Waals surface area (Å²) in [6, 6.07) is 8.37. The van der Waals surface area contributed by atoms with Gasteiger partial charge >= 0.3 is 0 Å². The van der Waals surface area contributed by atoms with Crippen LogP contribution in [0.1, 0.15) is 36.2 Å². The normalized spacial score (nSPS) is 16.2. The fourth-order valence-corrected chi connectivity index (χ4v) is 2.75. The fourth-order valence-electron chi connectivity index (χ4n) is 2.75. The van der Waals surface area contributed by atoms with E-state index >= 15 is 0 Å². The number of imidazole rings is 1. The Morgan fingerprint density at radius 1 is 1.35 bits per heavy atom. The van der Waals surface area contributed by atoms with Crippen LogP contribution in [-0.4, -0.2) is 15.6 Å². The molecule has 20 heavy (non-hydrogen) atoms. The van der Waals surface area contributed by atoms with Crippen LogP contribution in [0, 0.1) is 0 Å². The van der Waals surface area contributed by atoms with Crippen molar-refractivity contribution in [2.45, 2.75) is 31.2 Å². The first-order valence-electron chi connectivity index (χ1n) is 6.88. The van der Waals surface area contributed by atoms with Gasteiger partial charge in [0.25, 0.3) is 0 Å². The molecule has 4 nitrogen and oxygen atoms in total. The minimum absolute atomic E-state index is 0.302. The molecular formula is C16H17N3O. The molecule has 0 radical (unpaired) electrons. The highest BCUT2D eigenvalue weighted by Crippen LogP contribution is 2.44. The van der Waals surface area contributed by atoms with Crippen LogP contribution < -0.4 is 0 Å². The number of aromatic nitrogens is 2. The lowest BCUT2D eigenvalue weighted by atomic mass is 9.72. The Labute approximate surface area is 118 Å². The van der Waals surface area contributed by atoms with Crippen molar-refractivity contribution >= 4 is 6.08 Å². The Hall–Kier alpha value is -2.19. The Balaban J connectivity index is 1.81. The minimum atomic E-state index is -0.302. The quantitative estimate of drug-likeness (QED) is 0.631. The Kier molecular flexibility index (Phi) is 3.25. The van der Waals surface area contributed by atoms with Crippen LogP contribution in [0.25, 0.3) is 0 Å². The van der Waals surface area contributed by atoms with Crippen LogP contribution in [0.5, 0.6) is 0 Å². The number of aliphatic imine (C=N–C) groups is 1. The highest BCUT2D eigenvalue weighted by molar-refractivity contribution is 5.40. The van der Waals surface area contributed by atoms with Gasteiger partial charge in [0.1, 0.15) is 5.82 Å². The summed E-state index contributed by atoms with van der Waals surface area (Å²) < 4.78 is 2.03. The molecular weight excluding hydrogens is 250 g/mol. The molecule has 0 spiro atoms. The first-order valence-corrected chi connectivity index (χ1v) is 6.88. The number of rotatable bonds is 4. The van der Waals surface area contributed by atoms with E-state index in [1.807, 2.05) is 24.0 Å². The second-order valence-electron chi connectivity index (χ2n) is 5.42. The Bertz CT molecular complexity index is 647. The van der Waals surface area contributed by atoms with Gasteiger partial charge in [-0.2, -0.15) is 4.99 Å². The maximum atomic E-state index is 10.6. The van der Waals surface area contributed by atoms with Crippen LogP contribution in [0.2, 0.25) is 0 Å². The van der Waals surface area contributed by atoms with Crippen LogP contribution in [-0.2, 0) is 23.8 Å². The lowest BCUT2D eigenvalue weighted by molar-refractivity contribution is 0.256. The monoisotopic (exact) mass is 267 g/mol. The van der Waals surface area contributed by atoms with E-state index in [2.05, 4.69) is 34.2 Å². The molecule has 0 bridgehead atoms. The first kappa shape index (κ1) is 12.8. The highest BCUT2D eigenvalue weighted by atomic mass is 16.1. The third-order valence-corrected chi connectivity index (χ3v) is 4.21. The smallest absolute Gasteiger partial charge is 0.235 e. The van der Waals surface area contributed by atoms with Crippen LogP contribution in [0.4, 0.5) is 0 Å². The van der Waals surface area contributed by atoms with Crippen molar-refractivity contribution < 1.29 is 4.79 Å². The van der Waals surface area contributed by atoms with Gasteiger partial charge in [-0.05, 0) is 30.4 Å². The molecule has 0 unspecified atom stereocenters. The van der Waals surface area contributed by atoms with Crippen LogP contribution in [0.15, 0.2) is 41.7 Å². The lowest BCUT2D eigenvalue weighted by Crippen LogP contribution is -2.31. The Morgan fingerprint density at radius 2 is 2.10 bits per heavy atom. The molecule has 1 aliphatic rings. The lowest BCUT2D eigenvalue weighted by Gasteiger charge is -2.37. The van der Waals surface area contributed by atoms with Crippen molar-refractivity contribution in [2.24, 2.45) is 12.0 Å². The van der Waals surface area contributed by atoms with Crippen molar-refractivity contribution in [1.82, 2.24) is 9.55 Å². The number of benzene rings is 1. The molecule has 102 valence electrons. The fraction of sp³-hybridized carbons (Fsp3) is 0.375. The summed E-state index contributed by atoms with van der Waals surface area (Å²) in [5, 5.41) is 0. The molecule has 0 saturated heterocycles. The molecule has 2 aromatic rings. The van der Waals surface area contributed by atoms with Gasteiger partial charge in [-0.1, -0.05) is 24.3 Å². The summed E-state index contributed by atoms with van der Waals surface area (Å²) in [7, 11) is 2.00. The summed E-state index contributed by atoms with van der Waals surface area (Å²) in [4.78, 5) is 19.0. The van der Waals surface area contributed by atoms with Crippen molar-refractivity contribution in [3.8, 4) is 0 Å². The molecule has 3 rings (SSSR count). The number of hydrogen-bond donors (Lipinski definition) is 0. The summed E-state index contributed by atoms with van der Waals surface area (Å²) in [6.45, 7) is 0. The van der Waals surface area contributed by atoms with Gasteiger partial charge in [0.15, 0.2) is 0 Å². The van der Waals surface area contributed by atoms with Gasteiger partial charge in [0.2, 0.25) is 6.08 Å². The molecule has 1 aromatic heterocycles. The van der Waals surface area contributed by atoms with Gasteiger partial charge in [-0.25, -0.2) is 9.78 Å². The van der Waals surface area contributed by atoms with E-state index in [1.54, 1.807) is 6.08 Å². The zero-order chi connectivity index (χ0) is 14.0. The van der Waals surface area contributed by atoms with Gasteiger partial charge in [-0.3, -0.25) is 0 Å². The molecule has 4 heteroatoms.